The molecule has 0 aromatic rings. The van der Waals surface area contributed by atoms with Gasteiger partial charge in [0.05, 0.1) is 6.04 Å². The minimum atomic E-state index is -0.293. The Morgan fingerprint density at radius 3 is 1.88 bits per heavy atom. The molecule has 0 saturated carbocycles. The Morgan fingerprint density at radius 1 is 0.941 bits per heavy atom. The van der Waals surface area contributed by atoms with Crippen LogP contribution in [-0.4, -0.2) is 36.9 Å². The highest BCUT2D eigenvalue weighted by molar-refractivity contribution is 5.78. The van der Waals surface area contributed by atoms with Crippen LogP contribution in [0.2, 0.25) is 0 Å². The van der Waals surface area contributed by atoms with Crippen molar-refractivity contribution in [3.8, 4) is 0 Å². The lowest BCUT2D eigenvalue weighted by molar-refractivity contribution is -0.125. The van der Waals surface area contributed by atoms with E-state index in [9.17, 15) is 14.4 Å². The summed E-state index contributed by atoms with van der Waals surface area (Å²) < 4.78 is 0. The SMILES string of the molecule is CC(=O)NCC(CNC(=O)C(C)C)NC(C)=O. The van der Waals surface area contributed by atoms with E-state index in [2.05, 4.69) is 16.0 Å². The number of rotatable bonds is 6. The van der Waals surface area contributed by atoms with Crippen LogP contribution in [0, 0.1) is 5.92 Å². The van der Waals surface area contributed by atoms with Crippen LogP contribution in [0.25, 0.3) is 0 Å². The number of nitrogens with one attached hydrogen (secondary N) is 3. The predicted octanol–water partition coefficient (Wildman–Crippen LogP) is -0.601. The quantitative estimate of drug-likeness (QED) is 0.582. The van der Waals surface area contributed by atoms with Crippen molar-refractivity contribution in [2.45, 2.75) is 33.7 Å². The summed E-state index contributed by atoms with van der Waals surface area (Å²) in [5.41, 5.74) is 0. The zero-order valence-corrected chi connectivity index (χ0v) is 10.8. The first kappa shape index (κ1) is 15.4. The Hall–Kier alpha value is -1.59. The van der Waals surface area contributed by atoms with E-state index in [1.54, 1.807) is 13.8 Å². The second-order valence-corrected chi connectivity index (χ2v) is 4.23. The fraction of sp³-hybridized carbons (Fsp3) is 0.727. The molecule has 3 amide bonds. The Morgan fingerprint density at radius 2 is 1.47 bits per heavy atom. The van der Waals surface area contributed by atoms with Crippen LogP contribution >= 0.6 is 0 Å². The lowest BCUT2D eigenvalue weighted by Crippen LogP contribution is -2.49. The van der Waals surface area contributed by atoms with Gasteiger partial charge in [-0.2, -0.15) is 0 Å². The standard InChI is InChI=1S/C11H21N3O3/c1-7(2)11(17)13-6-10(14-9(4)16)5-12-8(3)15/h7,10H,5-6H2,1-4H3,(H,12,15)(H,13,17)(H,14,16). The van der Waals surface area contributed by atoms with Crippen LogP contribution in [0.15, 0.2) is 0 Å². The summed E-state index contributed by atoms with van der Waals surface area (Å²) in [5, 5.41) is 7.97. The monoisotopic (exact) mass is 243 g/mol. The van der Waals surface area contributed by atoms with Crippen molar-refractivity contribution in [3.63, 3.8) is 0 Å². The summed E-state index contributed by atoms with van der Waals surface area (Å²) in [5.74, 6) is -0.549. The summed E-state index contributed by atoms with van der Waals surface area (Å²) in [4.78, 5) is 33.1. The maximum absolute atomic E-state index is 11.4. The molecule has 0 bridgehead atoms. The van der Waals surface area contributed by atoms with Gasteiger partial charge in [0.15, 0.2) is 0 Å². The maximum atomic E-state index is 11.4. The lowest BCUT2D eigenvalue weighted by atomic mass is 10.2. The molecule has 0 aromatic heterocycles. The largest absolute Gasteiger partial charge is 0.354 e. The van der Waals surface area contributed by atoms with E-state index in [-0.39, 0.29) is 29.7 Å². The first-order valence-electron chi connectivity index (χ1n) is 5.62. The molecule has 98 valence electrons. The molecule has 0 aliphatic carbocycles. The summed E-state index contributed by atoms with van der Waals surface area (Å²) in [6, 6.07) is -0.293. The van der Waals surface area contributed by atoms with Crippen LogP contribution in [-0.2, 0) is 14.4 Å². The second kappa shape index (κ2) is 7.65. The van der Waals surface area contributed by atoms with Crippen molar-refractivity contribution < 1.29 is 14.4 Å². The van der Waals surface area contributed by atoms with Gasteiger partial charge in [-0.25, -0.2) is 0 Å². The van der Waals surface area contributed by atoms with E-state index in [0.29, 0.717) is 13.1 Å². The first-order chi connectivity index (χ1) is 7.82. The highest BCUT2D eigenvalue weighted by Gasteiger charge is 2.13. The third-order valence-electron chi connectivity index (χ3n) is 2.05. The molecule has 0 rings (SSSR count). The number of amides is 3. The van der Waals surface area contributed by atoms with E-state index in [1.807, 2.05) is 0 Å². The molecule has 0 heterocycles. The van der Waals surface area contributed by atoms with E-state index < -0.39 is 0 Å². The van der Waals surface area contributed by atoms with Crippen LogP contribution < -0.4 is 16.0 Å². The maximum Gasteiger partial charge on any atom is 0.222 e. The lowest BCUT2D eigenvalue weighted by Gasteiger charge is -2.19. The Bertz CT molecular complexity index is 290. The molecule has 0 spiro atoms. The number of hydrogen-bond donors (Lipinski definition) is 3. The van der Waals surface area contributed by atoms with Gasteiger partial charge in [-0.05, 0) is 0 Å². The summed E-state index contributed by atoms with van der Waals surface area (Å²) >= 11 is 0. The van der Waals surface area contributed by atoms with Gasteiger partial charge in [0.1, 0.15) is 0 Å². The zero-order chi connectivity index (χ0) is 13.4. The average Bonchev–Trinajstić information content (AvgIpc) is 2.20. The molecule has 1 unspecified atom stereocenters. The number of carbonyl (C=O) groups is 3. The molecular formula is C11H21N3O3. The molecule has 1 atom stereocenters. The van der Waals surface area contributed by atoms with Gasteiger partial charge in [-0.3, -0.25) is 14.4 Å². The molecule has 0 aliphatic rings. The van der Waals surface area contributed by atoms with Gasteiger partial charge in [0.2, 0.25) is 17.7 Å². The van der Waals surface area contributed by atoms with Crippen LogP contribution in [0.3, 0.4) is 0 Å². The first-order valence-corrected chi connectivity index (χ1v) is 5.62. The smallest absolute Gasteiger partial charge is 0.222 e. The fourth-order valence-electron chi connectivity index (χ4n) is 1.16. The molecule has 0 aromatic carbocycles. The number of carbonyl (C=O) groups excluding carboxylic acids is 3. The van der Waals surface area contributed by atoms with Crippen molar-refractivity contribution in [1.29, 1.82) is 0 Å². The minimum absolute atomic E-state index is 0.0804. The van der Waals surface area contributed by atoms with Crippen molar-refractivity contribution >= 4 is 17.7 Å². The van der Waals surface area contributed by atoms with Crippen LogP contribution in [0.5, 0.6) is 0 Å². The predicted molar refractivity (Wildman–Crippen MR) is 64.1 cm³/mol. The minimum Gasteiger partial charge on any atom is -0.354 e. The molecular weight excluding hydrogens is 222 g/mol. The Kier molecular flexibility index (Phi) is 6.93. The van der Waals surface area contributed by atoms with E-state index in [0.717, 1.165) is 0 Å². The van der Waals surface area contributed by atoms with Crippen molar-refractivity contribution in [2.24, 2.45) is 5.92 Å². The van der Waals surface area contributed by atoms with Gasteiger partial charge >= 0.3 is 0 Å². The highest BCUT2D eigenvalue weighted by Crippen LogP contribution is 1.91. The van der Waals surface area contributed by atoms with Gasteiger partial charge in [-0.15, -0.1) is 0 Å². The highest BCUT2D eigenvalue weighted by atomic mass is 16.2. The molecule has 3 N–H and O–H groups in total. The average molecular weight is 243 g/mol. The summed E-state index contributed by atoms with van der Waals surface area (Å²) in [6.07, 6.45) is 0. The molecule has 6 nitrogen and oxygen atoms in total. The zero-order valence-electron chi connectivity index (χ0n) is 10.8. The summed E-state index contributed by atoms with van der Waals surface area (Å²) in [7, 11) is 0. The topological polar surface area (TPSA) is 87.3 Å². The van der Waals surface area contributed by atoms with Crippen LogP contribution in [0.4, 0.5) is 0 Å². The van der Waals surface area contributed by atoms with Gasteiger partial charge in [0.25, 0.3) is 0 Å². The molecule has 0 saturated heterocycles. The van der Waals surface area contributed by atoms with Gasteiger partial charge < -0.3 is 16.0 Å². The molecule has 0 radical (unpaired) electrons. The van der Waals surface area contributed by atoms with Crippen molar-refractivity contribution in [1.82, 2.24) is 16.0 Å². The normalized spacial score (nSPS) is 11.8. The van der Waals surface area contributed by atoms with E-state index >= 15 is 0 Å². The van der Waals surface area contributed by atoms with Crippen molar-refractivity contribution in [2.75, 3.05) is 13.1 Å². The van der Waals surface area contributed by atoms with Crippen molar-refractivity contribution in [3.05, 3.63) is 0 Å². The molecule has 17 heavy (non-hydrogen) atoms. The Labute approximate surface area is 102 Å². The Balaban J connectivity index is 4.14. The van der Waals surface area contributed by atoms with E-state index in [1.165, 1.54) is 13.8 Å². The third-order valence-corrected chi connectivity index (χ3v) is 2.05. The van der Waals surface area contributed by atoms with Gasteiger partial charge in [0, 0.05) is 32.9 Å². The van der Waals surface area contributed by atoms with E-state index in [4.69, 9.17) is 0 Å². The van der Waals surface area contributed by atoms with Crippen LogP contribution in [0.1, 0.15) is 27.7 Å². The fourth-order valence-corrected chi connectivity index (χ4v) is 1.16. The third kappa shape index (κ3) is 8.24. The van der Waals surface area contributed by atoms with Gasteiger partial charge in [-0.1, -0.05) is 13.8 Å². The summed E-state index contributed by atoms with van der Waals surface area (Å²) in [6.45, 7) is 6.97. The second-order valence-electron chi connectivity index (χ2n) is 4.23. The molecule has 0 fully saturated rings. The number of hydrogen-bond acceptors (Lipinski definition) is 3. The molecule has 6 heteroatoms. The molecule has 0 aliphatic heterocycles.